The van der Waals surface area contributed by atoms with Crippen LogP contribution in [0, 0.1) is 17.8 Å². The number of hydrogen-bond acceptors (Lipinski definition) is 2. The predicted octanol–water partition coefficient (Wildman–Crippen LogP) is 3.21. The molecule has 21 heavy (non-hydrogen) atoms. The van der Waals surface area contributed by atoms with E-state index in [0.29, 0.717) is 6.04 Å². The molecule has 0 spiro atoms. The molecule has 3 heteroatoms. The minimum Gasteiger partial charge on any atom is -0.384 e. The number of carbonyl (C=O) groups is 1. The van der Waals surface area contributed by atoms with Crippen LogP contribution in [0.15, 0.2) is 24.3 Å². The summed E-state index contributed by atoms with van der Waals surface area (Å²) in [5, 5.41) is 6.69. The molecule has 1 saturated carbocycles. The normalized spacial score (nSPS) is 31.9. The Morgan fingerprint density at radius 1 is 1.14 bits per heavy atom. The van der Waals surface area contributed by atoms with Crippen molar-refractivity contribution in [3.8, 4) is 0 Å². The molecule has 0 aromatic heterocycles. The van der Waals surface area contributed by atoms with Crippen molar-refractivity contribution in [3.05, 3.63) is 29.8 Å². The van der Waals surface area contributed by atoms with Gasteiger partial charge in [-0.3, -0.25) is 4.79 Å². The molecule has 0 radical (unpaired) electrons. The van der Waals surface area contributed by atoms with E-state index >= 15 is 0 Å². The highest BCUT2D eigenvalue weighted by molar-refractivity contribution is 5.81. The van der Waals surface area contributed by atoms with Crippen LogP contribution in [0.4, 0.5) is 5.69 Å². The fourth-order valence-electron chi connectivity index (χ4n) is 4.01. The van der Waals surface area contributed by atoms with Crippen LogP contribution >= 0.6 is 0 Å². The molecule has 1 aromatic rings. The largest absolute Gasteiger partial charge is 0.384 e. The number of nitrogens with one attached hydrogen (secondary N) is 2. The van der Waals surface area contributed by atoms with Gasteiger partial charge in [0.15, 0.2) is 0 Å². The van der Waals surface area contributed by atoms with Gasteiger partial charge in [-0.2, -0.15) is 0 Å². The lowest BCUT2D eigenvalue weighted by atomic mass is 9.80. The summed E-state index contributed by atoms with van der Waals surface area (Å²) in [4.78, 5) is 12.5. The zero-order chi connectivity index (χ0) is 14.8. The average molecular weight is 286 g/mol. The zero-order valence-corrected chi connectivity index (χ0v) is 13.1. The van der Waals surface area contributed by atoms with E-state index < -0.39 is 0 Å². The van der Waals surface area contributed by atoms with E-state index in [-0.39, 0.29) is 11.8 Å². The molecule has 1 heterocycles. The van der Waals surface area contributed by atoms with Crippen molar-refractivity contribution >= 4 is 11.6 Å². The molecule has 3 nitrogen and oxygen atoms in total. The van der Waals surface area contributed by atoms with E-state index in [1.807, 2.05) is 12.1 Å². The number of rotatable bonds is 2. The van der Waals surface area contributed by atoms with Crippen molar-refractivity contribution in [3.63, 3.8) is 0 Å². The molecule has 3 rings (SSSR count). The highest BCUT2D eigenvalue weighted by atomic mass is 16.2. The van der Waals surface area contributed by atoms with Crippen molar-refractivity contribution in [1.29, 1.82) is 0 Å². The molecule has 3 unspecified atom stereocenters. The second-order valence-corrected chi connectivity index (χ2v) is 7.06. The monoisotopic (exact) mass is 286 g/mol. The number of benzene rings is 1. The highest BCUT2D eigenvalue weighted by Crippen LogP contribution is 2.29. The van der Waals surface area contributed by atoms with Gasteiger partial charge >= 0.3 is 0 Å². The summed E-state index contributed by atoms with van der Waals surface area (Å²) in [6.45, 7) is 5.35. The first-order valence-corrected chi connectivity index (χ1v) is 8.24. The lowest BCUT2D eigenvalue weighted by Crippen LogP contribution is -2.45. The third kappa shape index (κ3) is 3.39. The van der Waals surface area contributed by atoms with Crippen molar-refractivity contribution in [2.24, 2.45) is 17.8 Å². The molecule has 1 amide bonds. The van der Waals surface area contributed by atoms with E-state index in [9.17, 15) is 4.79 Å². The molecule has 1 fully saturated rings. The van der Waals surface area contributed by atoms with Gasteiger partial charge in [0.25, 0.3) is 0 Å². The first-order chi connectivity index (χ1) is 10.1. The first-order valence-electron chi connectivity index (χ1n) is 8.24. The Morgan fingerprint density at radius 2 is 1.86 bits per heavy atom. The van der Waals surface area contributed by atoms with Gasteiger partial charge in [-0.15, -0.1) is 0 Å². The quantitative estimate of drug-likeness (QED) is 0.876. The van der Waals surface area contributed by atoms with Gasteiger partial charge in [-0.25, -0.2) is 0 Å². The van der Waals surface area contributed by atoms with E-state index in [0.717, 1.165) is 37.6 Å². The molecule has 2 aliphatic rings. The molecule has 114 valence electrons. The summed E-state index contributed by atoms with van der Waals surface area (Å²) >= 11 is 0. The lowest BCUT2D eigenvalue weighted by Gasteiger charge is -2.33. The van der Waals surface area contributed by atoms with Crippen LogP contribution in [-0.4, -0.2) is 18.5 Å². The second kappa shape index (κ2) is 6.08. The van der Waals surface area contributed by atoms with Crippen LogP contribution < -0.4 is 10.6 Å². The van der Waals surface area contributed by atoms with Gasteiger partial charge in [0.2, 0.25) is 5.91 Å². The minimum absolute atomic E-state index is 0.0624. The zero-order valence-electron chi connectivity index (χ0n) is 13.1. The fourth-order valence-corrected chi connectivity index (χ4v) is 4.01. The summed E-state index contributed by atoms with van der Waals surface area (Å²) in [5.41, 5.74) is 2.44. The molecule has 3 atom stereocenters. The summed E-state index contributed by atoms with van der Waals surface area (Å²) in [6, 6.07) is 8.66. The standard InChI is InChI=1S/C18H26N2O/c1-12-7-13(2)9-16(8-12)20-18(21)15-10-14-5-3-4-6-17(14)19-11-15/h3-6,12-13,15-16,19H,7-11H2,1-2H3,(H,20,21). The Kier molecular flexibility index (Phi) is 4.18. The van der Waals surface area contributed by atoms with Gasteiger partial charge in [0.1, 0.15) is 0 Å². The molecule has 1 aliphatic heterocycles. The number of hydrogen-bond donors (Lipinski definition) is 2. The molecule has 0 saturated heterocycles. The van der Waals surface area contributed by atoms with Crippen molar-refractivity contribution in [2.45, 2.75) is 45.6 Å². The Labute approximate surface area is 127 Å². The maximum atomic E-state index is 12.5. The van der Waals surface area contributed by atoms with E-state index in [2.05, 4.69) is 36.6 Å². The Morgan fingerprint density at radius 3 is 2.62 bits per heavy atom. The topological polar surface area (TPSA) is 41.1 Å². The molecule has 1 aliphatic carbocycles. The Hall–Kier alpha value is -1.51. The van der Waals surface area contributed by atoms with Crippen LogP contribution in [0.1, 0.15) is 38.7 Å². The first kappa shape index (κ1) is 14.4. The highest BCUT2D eigenvalue weighted by Gasteiger charge is 2.29. The third-order valence-corrected chi connectivity index (χ3v) is 4.92. The second-order valence-electron chi connectivity index (χ2n) is 7.06. The molecule has 0 bridgehead atoms. The van der Waals surface area contributed by atoms with E-state index in [1.54, 1.807) is 0 Å². The van der Waals surface area contributed by atoms with Crippen LogP contribution in [0.2, 0.25) is 0 Å². The number of fused-ring (bicyclic) bond motifs is 1. The van der Waals surface area contributed by atoms with E-state index in [1.165, 1.54) is 17.7 Å². The van der Waals surface area contributed by atoms with Crippen LogP contribution in [0.25, 0.3) is 0 Å². The molecular weight excluding hydrogens is 260 g/mol. The van der Waals surface area contributed by atoms with Gasteiger partial charge < -0.3 is 10.6 Å². The van der Waals surface area contributed by atoms with Crippen molar-refractivity contribution in [1.82, 2.24) is 5.32 Å². The van der Waals surface area contributed by atoms with Crippen LogP contribution in [0.5, 0.6) is 0 Å². The van der Waals surface area contributed by atoms with Gasteiger partial charge in [0.05, 0.1) is 5.92 Å². The molecule has 2 N–H and O–H groups in total. The predicted molar refractivity (Wildman–Crippen MR) is 86.2 cm³/mol. The van der Waals surface area contributed by atoms with Crippen molar-refractivity contribution in [2.75, 3.05) is 11.9 Å². The van der Waals surface area contributed by atoms with Gasteiger partial charge in [0, 0.05) is 18.3 Å². The van der Waals surface area contributed by atoms with Crippen LogP contribution in [0.3, 0.4) is 0 Å². The number of amides is 1. The maximum absolute atomic E-state index is 12.5. The number of carbonyl (C=O) groups excluding carboxylic acids is 1. The summed E-state index contributed by atoms with van der Waals surface area (Å²) in [7, 11) is 0. The third-order valence-electron chi connectivity index (χ3n) is 4.92. The average Bonchev–Trinajstić information content (AvgIpc) is 2.45. The fraction of sp³-hybridized carbons (Fsp3) is 0.611. The Balaban J connectivity index is 1.59. The SMILES string of the molecule is CC1CC(C)CC(NC(=O)C2CNc3ccccc3C2)C1. The summed E-state index contributed by atoms with van der Waals surface area (Å²) in [5.74, 6) is 1.74. The minimum atomic E-state index is 0.0624. The van der Waals surface area contributed by atoms with E-state index in [4.69, 9.17) is 0 Å². The van der Waals surface area contributed by atoms with Crippen LogP contribution in [-0.2, 0) is 11.2 Å². The smallest absolute Gasteiger partial charge is 0.225 e. The van der Waals surface area contributed by atoms with Gasteiger partial charge in [-0.1, -0.05) is 32.0 Å². The number of anilines is 1. The maximum Gasteiger partial charge on any atom is 0.225 e. The number of para-hydroxylation sites is 1. The molecular formula is C18H26N2O. The Bertz CT molecular complexity index is 504. The summed E-state index contributed by atoms with van der Waals surface area (Å²) < 4.78 is 0. The van der Waals surface area contributed by atoms with Gasteiger partial charge in [-0.05, 0) is 49.1 Å². The van der Waals surface area contributed by atoms with Crippen molar-refractivity contribution < 1.29 is 4.79 Å². The summed E-state index contributed by atoms with van der Waals surface area (Å²) in [6.07, 6.45) is 4.41. The lowest BCUT2D eigenvalue weighted by molar-refractivity contribution is -0.125. The molecule has 1 aromatic carbocycles.